The third-order valence-electron chi connectivity index (χ3n) is 1.39. The predicted molar refractivity (Wildman–Crippen MR) is 36.6 cm³/mol. The minimum absolute atomic E-state index is 0.213. The van der Waals surface area contributed by atoms with Crippen LogP contribution in [0, 0.1) is 0 Å². The van der Waals surface area contributed by atoms with Crippen LogP contribution in [0.4, 0.5) is 0 Å². The molecule has 0 radical (unpaired) electrons. The highest BCUT2D eigenvalue weighted by Crippen LogP contribution is 2.03. The van der Waals surface area contributed by atoms with E-state index in [2.05, 4.69) is 4.99 Å². The largest absolute Gasteiger partial charge is 0.295 e. The second-order valence-electron chi connectivity index (χ2n) is 2.13. The summed E-state index contributed by atoms with van der Waals surface area (Å²) >= 11 is 0. The summed E-state index contributed by atoms with van der Waals surface area (Å²) in [6.07, 6.45) is 1.50. The molecule has 52 valence electrons. The molecule has 0 saturated carbocycles. The van der Waals surface area contributed by atoms with Crippen molar-refractivity contribution in [1.82, 2.24) is 0 Å². The van der Waals surface area contributed by atoms with Crippen molar-refractivity contribution >= 4 is 16.1 Å². The summed E-state index contributed by atoms with van der Waals surface area (Å²) in [5, 5.41) is -0.369. The van der Waals surface area contributed by atoms with Gasteiger partial charge in [-0.2, -0.15) is 0 Å². The molecule has 0 bridgehead atoms. The van der Waals surface area contributed by atoms with Crippen molar-refractivity contribution < 1.29 is 8.42 Å². The van der Waals surface area contributed by atoms with Crippen LogP contribution in [0.5, 0.6) is 0 Å². The van der Waals surface area contributed by atoms with E-state index in [1.54, 1.807) is 6.92 Å². The maximum atomic E-state index is 10.9. The van der Waals surface area contributed by atoms with Crippen molar-refractivity contribution in [1.29, 1.82) is 0 Å². The van der Waals surface area contributed by atoms with Gasteiger partial charge < -0.3 is 0 Å². The summed E-state index contributed by atoms with van der Waals surface area (Å²) in [5.41, 5.74) is 0. The van der Waals surface area contributed by atoms with E-state index in [9.17, 15) is 8.42 Å². The Bertz CT molecular complexity index is 217. The molecule has 0 fully saturated rings. The maximum absolute atomic E-state index is 10.9. The van der Waals surface area contributed by atoms with Crippen molar-refractivity contribution in [3.05, 3.63) is 0 Å². The van der Waals surface area contributed by atoms with Gasteiger partial charge in [0, 0.05) is 6.21 Å². The smallest absolute Gasteiger partial charge is 0.159 e. The monoisotopic (exact) mass is 147 g/mol. The first-order valence-electron chi connectivity index (χ1n) is 2.84. The average Bonchev–Trinajstić information content (AvgIpc) is 1.77. The highest BCUT2D eigenvalue weighted by molar-refractivity contribution is 7.92. The first kappa shape index (κ1) is 6.74. The van der Waals surface area contributed by atoms with Crippen LogP contribution in [0.1, 0.15) is 6.92 Å². The zero-order valence-corrected chi connectivity index (χ0v) is 6.06. The maximum Gasteiger partial charge on any atom is 0.159 e. The lowest BCUT2D eigenvalue weighted by Crippen LogP contribution is -2.27. The van der Waals surface area contributed by atoms with Gasteiger partial charge in [-0.25, -0.2) is 8.42 Å². The van der Waals surface area contributed by atoms with Crippen LogP contribution >= 0.6 is 0 Å². The van der Waals surface area contributed by atoms with Crippen molar-refractivity contribution in [2.24, 2.45) is 4.99 Å². The van der Waals surface area contributed by atoms with Crippen LogP contribution in [0.2, 0.25) is 0 Å². The van der Waals surface area contributed by atoms with Crippen LogP contribution in [-0.4, -0.2) is 32.2 Å². The Hall–Kier alpha value is -0.380. The number of rotatable bonds is 0. The first-order chi connectivity index (χ1) is 4.13. The van der Waals surface area contributed by atoms with Gasteiger partial charge in [0.05, 0.1) is 17.5 Å². The summed E-state index contributed by atoms with van der Waals surface area (Å²) in [7, 11) is -2.81. The second kappa shape index (κ2) is 2.10. The molecule has 1 aliphatic heterocycles. The van der Waals surface area contributed by atoms with Crippen molar-refractivity contribution in [2.75, 3.05) is 12.3 Å². The molecule has 0 saturated heterocycles. The molecular formula is C5H9NO2S. The van der Waals surface area contributed by atoms with Crippen molar-refractivity contribution in [2.45, 2.75) is 12.2 Å². The lowest BCUT2D eigenvalue weighted by Gasteiger charge is -2.10. The lowest BCUT2D eigenvalue weighted by atomic mass is 10.5. The van der Waals surface area contributed by atoms with Crippen LogP contribution in [0.3, 0.4) is 0 Å². The SMILES string of the molecule is CC1C=NCCS1(=O)=O. The van der Waals surface area contributed by atoms with Gasteiger partial charge in [-0.1, -0.05) is 0 Å². The fourth-order valence-corrected chi connectivity index (χ4v) is 1.68. The molecule has 1 unspecified atom stereocenters. The highest BCUT2D eigenvalue weighted by Gasteiger charge is 2.20. The van der Waals surface area contributed by atoms with Crippen molar-refractivity contribution in [3.63, 3.8) is 0 Å². The van der Waals surface area contributed by atoms with Gasteiger partial charge >= 0.3 is 0 Å². The molecule has 0 N–H and O–H groups in total. The van der Waals surface area contributed by atoms with E-state index in [0.29, 0.717) is 6.54 Å². The van der Waals surface area contributed by atoms with E-state index < -0.39 is 9.84 Å². The number of sulfone groups is 1. The van der Waals surface area contributed by atoms with Crippen LogP contribution in [-0.2, 0) is 9.84 Å². The molecule has 0 amide bonds. The number of nitrogens with zero attached hydrogens (tertiary/aromatic N) is 1. The molecule has 4 heteroatoms. The molecular weight excluding hydrogens is 138 g/mol. The average molecular weight is 147 g/mol. The fourth-order valence-electron chi connectivity index (χ4n) is 0.682. The molecule has 1 heterocycles. The minimum Gasteiger partial charge on any atom is -0.295 e. The van der Waals surface area contributed by atoms with Gasteiger partial charge in [0.2, 0.25) is 0 Å². The lowest BCUT2D eigenvalue weighted by molar-refractivity contribution is 0.591. The molecule has 1 atom stereocenters. The Morgan fingerprint density at radius 3 is 2.67 bits per heavy atom. The van der Waals surface area contributed by atoms with Gasteiger partial charge in [-0.3, -0.25) is 4.99 Å². The fraction of sp³-hybridized carbons (Fsp3) is 0.800. The van der Waals surface area contributed by atoms with Crippen LogP contribution in [0.15, 0.2) is 4.99 Å². The standard InChI is InChI=1S/C5H9NO2S/c1-5-4-6-2-3-9(5,7)8/h4-5H,2-3H2,1H3. The molecule has 9 heavy (non-hydrogen) atoms. The summed E-state index contributed by atoms with van der Waals surface area (Å²) in [4.78, 5) is 3.85. The van der Waals surface area contributed by atoms with E-state index in [1.165, 1.54) is 6.21 Å². The zero-order valence-electron chi connectivity index (χ0n) is 5.24. The molecule has 3 nitrogen and oxygen atoms in total. The van der Waals surface area contributed by atoms with E-state index >= 15 is 0 Å². The molecule has 0 spiro atoms. The summed E-state index contributed by atoms with van der Waals surface area (Å²) in [5.74, 6) is 0.213. The van der Waals surface area contributed by atoms with Gasteiger partial charge in [0.15, 0.2) is 9.84 Å². The van der Waals surface area contributed by atoms with Gasteiger partial charge in [-0.15, -0.1) is 0 Å². The van der Waals surface area contributed by atoms with E-state index in [-0.39, 0.29) is 11.0 Å². The Balaban J connectivity index is 2.92. The summed E-state index contributed by atoms with van der Waals surface area (Å²) in [6.45, 7) is 2.09. The quantitative estimate of drug-likeness (QED) is 0.479. The van der Waals surface area contributed by atoms with Gasteiger partial charge in [-0.05, 0) is 6.92 Å². The Labute approximate surface area is 54.7 Å². The number of hydrogen-bond acceptors (Lipinski definition) is 3. The number of hydrogen-bond donors (Lipinski definition) is 0. The third-order valence-corrected chi connectivity index (χ3v) is 3.39. The normalized spacial score (nSPS) is 32.3. The second-order valence-corrected chi connectivity index (χ2v) is 4.60. The highest BCUT2D eigenvalue weighted by atomic mass is 32.2. The van der Waals surface area contributed by atoms with Crippen LogP contribution < -0.4 is 0 Å². The van der Waals surface area contributed by atoms with E-state index in [1.807, 2.05) is 0 Å². The molecule has 0 aromatic carbocycles. The summed E-state index contributed by atoms with van der Waals surface area (Å²) < 4.78 is 21.8. The van der Waals surface area contributed by atoms with E-state index in [0.717, 1.165) is 0 Å². The molecule has 0 aromatic rings. The van der Waals surface area contributed by atoms with Crippen molar-refractivity contribution in [3.8, 4) is 0 Å². The van der Waals surface area contributed by atoms with Gasteiger partial charge in [0.25, 0.3) is 0 Å². The predicted octanol–water partition coefficient (Wildman–Crippen LogP) is -0.126. The zero-order chi connectivity index (χ0) is 6.91. The Morgan fingerprint density at radius 1 is 1.67 bits per heavy atom. The molecule has 1 aliphatic rings. The van der Waals surface area contributed by atoms with Gasteiger partial charge in [0.1, 0.15) is 0 Å². The minimum atomic E-state index is -2.81. The third kappa shape index (κ3) is 1.30. The number of aliphatic imine (C=N–C) groups is 1. The molecule has 0 aromatic heterocycles. The Morgan fingerprint density at radius 2 is 2.33 bits per heavy atom. The first-order valence-corrected chi connectivity index (χ1v) is 4.56. The molecule has 1 rings (SSSR count). The Kier molecular flexibility index (Phi) is 1.57. The summed E-state index contributed by atoms with van der Waals surface area (Å²) in [6, 6.07) is 0. The topological polar surface area (TPSA) is 46.5 Å². The van der Waals surface area contributed by atoms with E-state index in [4.69, 9.17) is 0 Å². The molecule has 0 aliphatic carbocycles. The van der Waals surface area contributed by atoms with Crippen LogP contribution in [0.25, 0.3) is 0 Å².